The van der Waals surface area contributed by atoms with E-state index >= 15 is 0 Å². The summed E-state index contributed by atoms with van der Waals surface area (Å²) in [6, 6.07) is 0.145. The number of rotatable bonds is 3. The molecular weight excluding hydrogens is 254 g/mol. The molecule has 0 radical (unpaired) electrons. The zero-order valence-electron chi connectivity index (χ0n) is 12.1. The van der Waals surface area contributed by atoms with Crippen molar-refractivity contribution in [3.8, 4) is 0 Å². The van der Waals surface area contributed by atoms with E-state index in [4.69, 9.17) is 4.74 Å². The van der Waals surface area contributed by atoms with Crippen LogP contribution in [0.5, 0.6) is 0 Å². The molecular formula is C15H23N3O2. The summed E-state index contributed by atoms with van der Waals surface area (Å²) in [4.78, 5) is 19.3. The first-order valence-corrected chi connectivity index (χ1v) is 7.70. The summed E-state index contributed by atoms with van der Waals surface area (Å²) in [7, 11) is 0. The van der Waals surface area contributed by atoms with Crippen LogP contribution in [0.4, 0.5) is 0 Å². The summed E-state index contributed by atoms with van der Waals surface area (Å²) in [5.74, 6) is 1.36. The highest BCUT2D eigenvalue weighted by Crippen LogP contribution is 2.32. The summed E-state index contributed by atoms with van der Waals surface area (Å²) in [6.45, 7) is 5.19. The van der Waals surface area contributed by atoms with Crippen LogP contribution in [-0.2, 0) is 16.1 Å². The van der Waals surface area contributed by atoms with Gasteiger partial charge in [-0.2, -0.15) is 0 Å². The quantitative estimate of drug-likeness (QED) is 0.849. The molecule has 0 bridgehead atoms. The van der Waals surface area contributed by atoms with E-state index in [2.05, 4.69) is 21.4 Å². The zero-order chi connectivity index (χ0) is 13.9. The van der Waals surface area contributed by atoms with Crippen LogP contribution in [0.2, 0.25) is 0 Å². The number of amides is 1. The van der Waals surface area contributed by atoms with Gasteiger partial charge in [0.05, 0.1) is 18.6 Å². The third kappa shape index (κ3) is 2.46. The van der Waals surface area contributed by atoms with Gasteiger partial charge in [0.2, 0.25) is 5.91 Å². The second-order valence-corrected chi connectivity index (χ2v) is 5.68. The van der Waals surface area contributed by atoms with Gasteiger partial charge >= 0.3 is 0 Å². The minimum absolute atomic E-state index is 0.0561. The molecule has 5 nitrogen and oxygen atoms in total. The third-order valence-electron chi connectivity index (χ3n) is 4.45. The Morgan fingerprint density at radius 1 is 1.45 bits per heavy atom. The highest BCUT2D eigenvalue weighted by atomic mass is 16.5. The highest BCUT2D eigenvalue weighted by molar-refractivity contribution is 5.79. The number of carbonyl (C=O) groups excluding carboxylic acids is 1. The van der Waals surface area contributed by atoms with E-state index in [9.17, 15) is 4.79 Å². The first-order chi connectivity index (χ1) is 9.81. The highest BCUT2D eigenvalue weighted by Gasteiger charge is 2.35. The van der Waals surface area contributed by atoms with Crippen molar-refractivity contribution in [3.63, 3.8) is 0 Å². The second-order valence-electron chi connectivity index (χ2n) is 5.68. The van der Waals surface area contributed by atoms with E-state index in [0.29, 0.717) is 6.61 Å². The molecule has 2 aliphatic rings. The minimum Gasteiger partial charge on any atom is -0.381 e. The molecule has 0 spiro atoms. The number of carbonyl (C=O) groups is 1. The van der Waals surface area contributed by atoms with Gasteiger partial charge in [-0.15, -0.1) is 0 Å². The standard InChI is InChI=1S/C15H23N3O2/c1-2-17-9-7-16-14(17)13-5-3-4-8-18(13)15(19)12-6-10-20-11-12/h7,9,12-13H,2-6,8,10-11H2,1H3/t12-,13-/m1/s1. The molecule has 0 unspecified atom stereocenters. The molecule has 2 saturated heterocycles. The molecule has 0 saturated carbocycles. The first-order valence-electron chi connectivity index (χ1n) is 7.70. The fraction of sp³-hybridized carbons (Fsp3) is 0.733. The van der Waals surface area contributed by atoms with Gasteiger partial charge in [-0.3, -0.25) is 4.79 Å². The van der Waals surface area contributed by atoms with Crippen LogP contribution >= 0.6 is 0 Å². The molecule has 2 fully saturated rings. The lowest BCUT2D eigenvalue weighted by atomic mass is 9.98. The van der Waals surface area contributed by atoms with Gasteiger partial charge < -0.3 is 14.2 Å². The SMILES string of the molecule is CCn1ccnc1[C@H]1CCCCN1C(=O)[C@@H]1CCOC1. The van der Waals surface area contributed by atoms with E-state index in [1.807, 2.05) is 12.4 Å². The van der Waals surface area contributed by atoms with Gasteiger partial charge in [0.15, 0.2) is 0 Å². The summed E-state index contributed by atoms with van der Waals surface area (Å²) >= 11 is 0. The summed E-state index contributed by atoms with van der Waals surface area (Å²) in [5.41, 5.74) is 0. The molecule has 3 rings (SSSR count). The van der Waals surface area contributed by atoms with Crippen LogP contribution < -0.4 is 0 Å². The van der Waals surface area contributed by atoms with Gasteiger partial charge in [-0.1, -0.05) is 0 Å². The van der Waals surface area contributed by atoms with Crippen molar-refractivity contribution in [2.45, 2.75) is 45.2 Å². The molecule has 3 heterocycles. The fourth-order valence-corrected chi connectivity index (χ4v) is 3.31. The van der Waals surface area contributed by atoms with E-state index < -0.39 is 0 Å². The average Bonchev–Trinajstić information content (AvgIpc) is 3.17. The summed E-state index contributed by atoms with van der Waals surface area (Å²) < 4.78 is 7.53. The molecule has 0 aromatic carbocycles. The number of likely N-dealkylation sites (tertiary alicyclic amines) is 1. The van der Waals surface area contributed by atoms with Gasteiger partial charge in [-0.25, -0.2) is 4.98 Å². The Balaban J connectivity index is 1.81. The predicted molar refractivity (Wildman–Crippen MR) is 75.1 cm³/mol. The molecule has 0 N–H and O–H groups in total. The van der Waals surface area contributed by atoms with Crippen molar-refractivity contribution in [3.05, 3.63) is 18.2 Å². The summed E-state index contributed by atoms with van der Waals surface area (Å²) in [6.07, 6.45) is 8.01. The van der Waals surface area contributed by atoms with Crippen LogP contribution in [0.1, 0.15) is 44.5 Å². The Morgan fingerprint density at radius 3 is 3.10 bits per heavy atom. The van der Waals surface area contributed by atoms with Crippen LogP contribution in [-0.4, -0.2) is 40.1 Å². The number of aryl methyl sites for hydroxylation is 1. The minimum atomic E-state index is 0.0561. The number of imidazole rings is 1. The number of piperidine rings is 1. The Bertz CT molecular complexity index is 465. The Labute approximate surface area is 119 Å². The van der Waals surface area contributed by atoms with E-state index in [0.717, 1.165) is 44.8 Å². The predicted octanol–water partition coefficient (Wildman–Crippen LogP) is 1.99. The van der Waals surface area contributed by atoms with Crippen LogP contribution in [0, 0.1) is 5.92 Å². The van der Waals surface area contributed by atoms with Crippen molar-refractivity contribution in [1.82, 2.24) is 14.5 Å². The van der Waals surface area contributed by atoms with E-state index in [-0.39, 0.29) is 17.9 Å². The molecule has 2 aliphatic heterocycles. The van der Waals surface area contributed by atoms with E-state index in [1.165, 1.54) is 6.42 Å². The number of nitrogens with zero attached hydrogens (tertiary/aromatic N) is 3. The molecule has 1 aromatic heterocycles. The Hall–Kier alpha value is -1.36. The van der Waals surface area contributed by atoms with Crippen molar-refractivity contribution in [1.29, 1.82) is 0 Å². The van der Waals surface area contributed by atoms with Gasteiger partial charge in [0.1, 0.15) is 5.82 Å². The van der Waals surface area contributed by atoms with E-state index in [1.54, 1.807) is 0 Å². The average molecular weight is 277 g/mol. The number of hydrogen-bond donors (Lipinski definition) is 0. The molecule has 2 atom stereocenters. The van der Waals surface area contributed by atoms with Crippen molar-refractivity contribution >= 4 is 5.91 Å². The smallest absolute Gasteiger partial charge is 0.228 e. The lowest BCUT2D eigenvalue weighted by Crippen LogP contribution is -2.43. The van der Waals surface area contributed by atoms with Crippen molar-refractivity contribution in [2.75, 3.05) is 19.8 Å². The molecule has 20 heavy (non-hydrogen) atoms. The van der Waals surface area contributed by atoms with Crippen molar-refractivity contribution < 1.29 is 9.53 Å². The largest absolute Gasteiger partial charge is 0.381 e. The fourth-order valence-electron chi connectivity index (χ4n) is 3.31. The molecule has 110 valence electrons. The first kappa shape index (κ1) is 13.6. The Morgan fingerprint density at radius 2 is 2.35 bits per heavy atom. The lowest BCUT2D eigenvalue weighted by Gasteiger charge is -2.36. The topological polar surface area (TPSA) is 47.4 Å². The maximum absolute atomic E-state index is 12.7. The lowest BCUT2D eigenvalue weighted by molar-refractivity contribution is -0.139. The Kier molecular flexibility index (Phi) is 4.05. The zero-order valence-corrected chi connectivity index (χ0v) is 12.1. The van der Waals surface area contributed by atoms with Crippen molar-refractivity contribution in [2.24, 2.45) is 5.92 Å². The molecule has 0 aliphatic carbocycles. The van der Waals surface area contributed by atoms with Gasteiger partial charge in [0.25, 0.3) is 0 Å². The molecule has 5 heteroatoms. The number of ether oxygens (including phenoxy) is 1. The van der Waals surface area contributed by atoms with Gasteiger partial charge in [0, 0.05) is 32.1 Å². The third-order valence-corrected chi connectivity index (χ3v) is 4.45. The summed E-state index contributed by atoms with van der Waals surface area (Å²) in [5, 5.41) is 0. The second kappa shape index (κ2) is 5.95. The van der Waals surface area contributed by atoms with Crippen LogP contribution in [0.3, 0.4) is 0 Å². The monoisotopic (exact) mass is 277 g/mol. The van der Waals surface area contributed by atoms with Crippen LogP contribution in [0.25, 0.3) is 0 Å². The maximum Gasteiger partial charge on any atom is 0.228 e. The molecule has 1 amide bonds. The number of aromatic nitrogens is 2. The van der Waals surface area contributed by atoms with Gasteiger partial charge in [-0.05, 0) is 32.6 Å². The number of hydrogen-bond acceptors (Lipinski definition) is 3. The normalized spacial score (nSPS) is 26.9. The maximum atomic E-state index is 12.7. The van der Waals surface area contributed by atoms with Crippen LogP contribution in [0.15, 0.2) is 12.4 Å². The molecule has 1 aromatic rings.